The fourth-order valence-electron chi connectivity index (χ4n) is 3.12. The Morgan fingerprint density at radius 2 is 1.75 bits per heavy atom. The zero-order valence-electron chi connectivity index (χ0n) is 16.9. The van der Waals surface area contributed by atoms with Crippen LogP contribution >= 0.6 is 0 Å². The predicted molar refractivity (Wildman–Crippen MR) is 110 cm³/mol. The molecule has 2 aromatic rings. The normalized spacial score (nSPS) is 14.1. The molecule has 28 heavy (non-hydrogen) atoms. The Kier molecular flexibility index (Phi) is 8.98. The van der Waals surface area contributed by atoms with Gasteiger partial charge in [-0.2, -0.15) is 0 Å². The summed E-state index contributed by atoms with van der Waals surface area (Å²) in [7, 11) is 1.50. The van der Waals surface area contributed by atoms with Crippen LogP contribution in [0.3, 0.4) is 0 Å². The SMILES string of the molecule is CCCC(C)COc1ccc([C@H](CO)NC(=O)[C@@H](OC)c2ccccc2)cc1. The van der Waals surface area contributed by atoms with Crippen LogP contribution in [0.5, 0.6) is 5.75 Å². The summed E-state index contributed by atoms with van der Waals surface area (Å²) < 4.78 is 11.2. The number of aliphatic hydroxyl groups is 1. The van der Waals surface area contributed by atoms with Crippen LogP contribution in [0.4, 0.5) is 0 Å². The standard InChI is InChI=1S/C23H31NO4/c1-4-8-17(2)16-28-20-13-11-18(12-14-20)21(15-25)24-23(26)22(27-3)19-9-6-5-7-10-19/h5-7,9-14,17,21-22,25H,4,8,15-16H2,1-3H3,(H,24,26)/t17?,21-,22-/m0/s1. The molecular weight excluding hydrogens is 354 g/mol. The van der Waals surface area contributed by atoms with Crippen LogP contribution in [0.1, 0.15) is 50.0 Å². The third-order valence-corrected chi connectivity index (χ3v) is 4.67. The molecule has 2 N–H and O–H groups in total. The summed E-state index contributed by atoms with van der Waals surface area (Å²) in [6.45, 7) is 4.82. The minimum absolute atomic E-state index is 0.204. The maximum atomic E-state index is 12.7. The maximum Gasteiger partial charge on any atom is 0.254 e. The second-order valence-electron chi connectivity index (χ2n) is 7.04. The summed E-state index contributed by atoms with van der Waals surface area (Å²) in [5, 5.41) is 12.6. The molecule has 0 aromatic heterocycles. The molecule has 2 rings (SSSR count). The second kappa shape index (κ2) is 11.5. The molecule has 0 aliphatic rings. The van der Waals surface area contributed by atoms with Crippen molar-refractivity contribution < 1.29 is 19.4 Å². The monoisotopic (exact) mass is 385 g/mol. The van der Waals surface area contributed by atoms with Crippen molar-refractivity contribution >= 4 is 5.91 Å². The van der Waals surface area contributed by atoms with Crippen molar-refractivity contribution in [3.63, 3.8) is 0 Å². The molecule has 152 valence electrons. The Morgan fingerprint density at radius 1 is 1.07 bits per heavy atom. The van der Waals surface area contributed by atoms with Gasteiger partial charge < -0.3 is 19.9 Å². The van der Waals surface area contributed by atoms with E-state index in [1.54, 1.807) is 0 Å². The average molecular weight is 386 g/mol. The Balaban J connectivity index is 1.99. The molecule has 3 atom stereocenters. The van der Waals surface area contributed by atoms with Gasteiger partial charge in [0.2, 0.25) is 0 Å². The Bertz CT molecular complexity index is 702. The van der Waals surface area contributed by atoms with Crippen LogP contribution in [-0.2, 0) is 9.53 Å². The fourth-order valence-corrected chi connectivity index (χ4v) is 3.12. The van der Waals surface area contributed by atoms with E-state index in [0.29, 0.717) is 12.5 Å². The lowest BCUT2D eigenvalue weighted by molar-refractivity contribution is -0.132. The van der Waals surface area contributed by atoms with E-state index in [1.807, 2.05) is 54.6 Å². The molecule has 0 saturated heterocycles. The summed E-state index contributed by atoms with van der Waals surface area (Å²) in [5.74, 6) is 1.01. The Hall–Kier alpha value is -2.37. The molecule has 0 aliphatic carbocycles. The number of nitrogens with one attached hydrogen (secondary N) is 1. The van der Waals surface area contributed by atoms with Gasteiger partial charge in [0, 0.05) is 7.11 Å². The van der Waals surface area contributed by atoms with Crippen molar-refractivity contribution in [3.05, 3.63) is 65.7 Å². The highest BCUT2D eigenvalue weighted by Gasteiger charge is 2.23. The summed E-state index contributed by atoms with van der Waals surface area (Å²) in [5.41, 5.74) is 1.58. The van der Waals surface area contributed by atoms with Crippen LogP contribution in [-0.4, -0.2) is 31.3 Å². The van der Waals surface area contributed by atoms with Gasteiger partial charge in [-0.25, -0.2) is 0 Å². The highest BCUT2D eigenvalue weighted by Crippen LogP contribution is 2.21. The van der Waals surface area contributed by atoms with Gasteiger partial charge in [0.1, 0.15) is 5.75 Å². The Labute approximate surface area is 167 Å². The molecule has 1 unspecified atom stereocenters. The fraction of sp³-hybridized carbons (Fsp3) is 0.435. The molecule has 5 nitrogen and oxygen atoms in total. The van der Waals surface area contributed by atoms with E-state index in [0.717, 1.165) is 29.7 Å². The average Bonchev–Trinajstić information content (AvgIpc) is 2.72. The highest BCUT2D eigenvalue weighted by atomic mass is 16.5. The molecule has 0 bridgehead atoms. The maximum absolute atomic E-state index is 12.7. The van der Waals surface area contributed by atoms with Gasteiger partial charge in [-0.05, 0) is 35.6 Å². The van der Waals surface area contributed by atoms with E-state index in [9.17, 15) is 9.90 Å². The first-order valence-electron chi connectivity index (χ1n) is 9.80. The number of aliphatic hydroxyl groups excluding tert-OH is 1. The number of hydrogen-bond donors (Lipinski definition) is 2. The van der Waals surface area contributed by atoms with E-state index >= 15 is 0 Å². The van der Waals surface area contributed by atoms with Gasteiger partial charge >= 0.3 is 0 Å². The number of amides is 1. The predicted octanol–water partition coefficient (Wildman–Crippen LogP) is 4.04. The lowest BCUT2D eigenvalue weighted by Crippen LogP contribution is -2.35. The molecule has 0 fully saturated rings. The molecule has 1 amide bonds. The Morgan fingerprint density at radius 3 is 2.32 bits per heavy atom. The van der Waals surface area contributed by atoms with Gasteiger partial charge in [-0.15, -0.1) is 0 Å². The van der Waals surface area contributed by atoms with Crippen LogP contribution in [0.2, 0.25) is 0 Å². The molecule has 0 radical (unpaired) electrons. The van der Waals surface area contributed by atoms with Crippen molar-refractivity contribution in [1.29, 1.82) is 0 Å². The van der Waals surface area contributed by atoms with Gasteiger partial charge in [0.15, 0.2) is 6.10 Å². The molecular formula is C23H31NO4. The van der Waals surface area contributed by atoms with Crippen molar-refractivity contribution in [3.8, 4) is 5.75 Å². The molecule has 5 heteroatoms. The first-order valence-corrected chi connectivity index (χ1v) is 9.80. The van der Waals surface area contributed by atoms with Gasteiger partial charge in [0.25, 0.3) is 5.91 Å². The first-order chi connectivity index (χ1) is 13.6. The summed E-state index contributed by atoms with van der Waals surface area (Å²) in [4.78, 5) is 12.7. The van der Waals surface area contributed by atoms with E-state index in [-0.39, 0.29) is 12.5 Å². The number of carbonyl (C=O) groups is 1. The molecule has 0 saturated carbocycles. The van der Waals surface area contributed by atoms with E-state index < -0.39 is 12.1 Å². The molecule has 0 spiro atoms. The van der Waals surface area contributed by atoms with Crippen LogP contribution in [0.15, 0.2) is 54.6 Å². The molecule has 0 heterocycles. The third-order valence-electron chi connectivity index (χ3n) is 4.67. The molecule has 0 aliphatic heterocycles. The topological polar surface area (TPSA) is 67.8 Å². The third kappa shape index (κ3) is 6.36. The zero-order chi connectivity index (χ0) is 20.4. The van der Waals surface area contributed by atoms with Gasteiger partial charge in [-0.1, -0.05) is 62.7 Å². The van der Waals surface area contributed by atoms with Crippen LogP contribution < -0.4 is 10.1 Å². The van der Waals surface area contributed by atoms with E-state index in [2.05, 4.69) is 19.2 Å². The minimum Gasteiger partial charge on any atom is -0.493 e. The quantitative estimate of drug-likeness (QED) is 0.613. The van der Waals surface area contributed by atoms with Gasteiger partial charge in [0.05, 0.1) is 19.3 Å². The van der Waals surface area contributed by atoms with Crippen LogP contribution in [0.25, 0.3) is 0 Å². The van der Waals surface area contributed by atoms with Crippen molar-refractivity contribution in [2.24, 2.45) is 5.92 Å². The lowest BCUT2D eigenvalue weighted by Gasteiger charge is -2.21. The number of methoxy groups -OCH3 is 1. The smallest absolute Gasteiger partial charge is 0.254 e. The summed E-state index contributed by atoms with van der Waals surface area (Å²) in [6, 6.07) is 16.2. The molecule has 2 aromatic carbocycles. The zero-order valence-corrected chi connectivity index (χ0v) is 16.9. The second-order valence-corrected chi connectivity index (χ2v) is 7.04. The van der Waals surface area contributed by atoms with E-state index in [1.165, 1.54) is 7.11 Å². The van der Waals surface area contributed by atoms with Crippen molar-refractivity contribution in [2.45, 2.75) is 38.8 Å². The first kappa shape index (κ1) is 21.9. The lowest BCUT2D eigenvalue weighted by atomic mass is 10.0. The van der Waals surface area contributed by atoms with Crippen molar-refractivity contribution in [2.75, 3.05) is 20.3 Å². The van der Waals surface area contributed by atoms with Crippen LogP contribution in [0, 0.1) is 5.92 Å². The van der Waals surface area contributed by atoms with E-state index in [4.69, 9.17) is 9.47 Å². The summed E-state index contributed by atoms with van der Waals surface area (Å²) >= 11 is 0. The number of carbonyl (C=O) groups excluding carboxylic acids is 1. The highest BCUT2D eigenvalue weighted by molar-refractivity contribution is 5.82. The minimum atomic E-state index is -0.724. The number of ether oxygens (including phenoxy) is 2. The number of rotatable bonds is 11. The number of benzene rings is 2. The van der Waals surface area contributed by atoms with Crippen molar-refractivity contribution in [1.82, 2.24) is 5.32 Å². The van der Waals surface area contributed by atoms with Gasteiger partial charge in [-0.3, -0.25) is 4.79 Å². The largest absolute Gasteiger partial charge is 0.493 e. The summed E-state index contributed by atoms with van der Waals surface area (Å²) in [6.07, 6.45) is 1.56. The number of hydrogen-bond acceptors (Lipinski definition) is 4.